The maximum absolute atomic E-state index is 12.6. The van der Waals surface area contributed by atoms with E-state index in [1.165, 1.54) is 26.4 Å². The molecule has 8 heteroatoms. The summed E-state index contributed by atoms with van der Waals surface area (Å²) in [4.78, 5) is 30.0. The first-order chi connectivity index (χ1) is 12.6. The van der Waals surface area contributed by atoms with Gasteiger partial charge in [0.1, 0.15) is 0 Å². The molecular formula is C19H35IN4O3. The predicted molar refractivity (Wildman–Crippen MR) is 117 cm³/mol. The summed E-state index contributed by atoms with van der Waals surface area (Å²) in [7, 11) is 3.17. The fourth-order valence-corrected chi connectivity index (χ4v) is 3.78. The Balaban J connectivity index is 0.00000364. The third-order valence-corrected chi connectivity index (χ3v) is 5.35. The Labute approximate surface area is 180 Å². The molecule has 2 rings (SSSR count). The molecular weight excluding hydrogens is 459 g/mol. The van der Waals surface area contributed by atoms with Crippen molar-refractivity contribution in [2.75, 3.05) is 33.8 Å². The molecule has 0 aromatic heterocycles. The SMILES string of the molecule is CN=C(NCCCCC(=O)OC)NC1CCN(C(=O)C2CCCCC2)C1.I. The average molecular weight is 494 g/mol. The maximum atomic E-state index is 12.6. The first-order valence-electron chi connectivity index (χ1n) is 9.96. The molecule has 2 aliphatic rings. The monoisotopic (exact) mass is 494 g/mol. The van der Waals surface area contributed by atoms with Crippen LogP contribution >= 0.6 is 24.0 Å². The van der Waals surface area contributed by atoms with Crippen LogP contribution in [0.5, 0.6) is 0 Å². The fraction of sp³-hybridized carbons (Fsp3) is 0.842. The van der Waals surface area contributed by atoms with E-state index < -0.39 is 0 Å². The summed E-state index contributed by atoms with van der Waals surface area (Å²) in [5.41, 5.74) is 0. The van der Waals surface area contributed by atoms with E-state index in [2.05, 4.69) is 20.4 Å². The average Bonchev–Trinajstić information content (AvgIpc) is 3.15. The van der Waals surface area contributed by atoms with Gasteiger partial charge in [-0.2, -0.15) is 0 Å². The van der Waals surface area contributed by atoms with Crippen LogP contribution in [0.2, 0.25) is 0 Å². The molecule has 156 valence electrons. The van der Waals surface area contributed by atoms with Crippen molar-refractivity contribution in [2.45, 2.75) is 63.8 Å². The van der Waals surface area contributed by atoms with Crippen molar-refractivity contribution in [1.29, 1.82) is 0 Å². The van der Waals surface area contributed by atoms with E-state index in [1.54, 1.807) is 7.05 Å². The molecule has 1 atom stereocenters. The van der Waals surface area contributed by atoms with Gasteiger partial charge in [-0.3, -0.25) is 14.6 Å². The standard InChI is InChI=1S/C19H34N4O3.HI/c1-20-19(21-12-7-6-10-17(24)26-2)22-16-11-13-23(14-16)18(25)15-8-4-3-5-9-15;/h15-16H,3-14H2,1-2H3,(H2,20,21,22);1H. The topological polar surface area (TPSA) is 83.0 Å². The van der Waals surface area contributed by atoms with Crippen molar-refractivity contribution in [3.05, 3.63) is 0 Å². The molecule has 0 aromatic rings. The minimum Gasteiger partial charge on any atom is -0.469 e. The molecule has 1 heterocycles. The summed E-state index contributed by atoms with van der Waals surface area (Å²) in [5.74, 6) is 1.19. The van der Waals surface area contributed by atoms with E-state index in [9.17, 15) is 9.59 Å². The number of likely N-dealkylation sites (tertiary alicyclic amines) is 1. The van der Waals surface area contributed by atoms with Crippen molar-refractivity contribution >= 4 is 41.8 Å². The molecule has 1 unspecified atom stereocenters. The number of hydrogen-bond donors (Lipinski definition) is 2. The highest BCUT2D eigenvalue weighted by atomic mass is 127. The van der Waals surface area contributed by atoms with Crippen molar-refractivity contribution in [2.24, 2.45) is 10.9 Å². The third-order valence-electron chi connectivity index (χ3n) is 5.35. The fourth-order valence-electron chi connectivity index (χ4n) is 3.78. The number of rotatable bonds is 7. The number of unbranched alkanes of at least 4 members (excludes halogenated alkanes) is 1. The molecule has 2 fully saturated rings. The second-order valence-electron chi connectivity index (χ2n) is 7.28. The minimum atomic E-state index is -0.166. The summed E-state index contributed by atoms with van der Waals surface area (Å²) in [6.45, 7) is 2.36. The van der Waals surface area contributed by atoms with Gasteiger partial charge in [-0.15, -0.1) is 24.0 Å². The minimum absolute atomic E-state index is 0. The number of methoxy groups -OCH3 is 1. The van der Waals surface area contributed by atoms with Gasteiger partial charge in [-0.1, -0.05) is 19.3 Å². The summed E-state index contributed by atoms with van der Waals surface area (Å²) in [6.07, 6.45) is 8.86. The van der Waals surface area contributed by atoms with Crippen LogP contribution in [0.25, 0.3) is 0 Å². The lowest BCUT2D eigenvalue weighted by Crippen LogP contribution is -2.45. The van der Waals surface area contributed by atoms with E-state index in [0.29, 0.717) is 12.3 Å². The summed E-state index contributed by atoms with van der Waals surface area (Å²) in [5, 5.41) is 6.70. The molecule has 1 aliphatic carbocycles. The van der Waals surface area contributed by atoms with Crippen LogP contribution in [0.1, 0.15) is 57.8 Å². The molecule has 1 saturated heterocycles. The highest BCUT2D eigenvalue weighted by Gasteiger charge is 2.31. The molecule has 1 amide bonds. The van der Waals surface area contributed by atoms with Gasteiger partial charge >= 0.3 is 5.97 Å². The van der Waals surface area contributed by atoms with Gasteiger partial charge in [0.25, 0.3) is 0 Å². The zero-order valence-electron chi connectivity index (χ0n) is 16.7. The Bertz CT molecular complexity index is 495. The first-order valence-corrected chi connectivity index (χ1v) is 9.96. The molecule has 0 spiro atoms. The van der Waals surface area contributed by atoms with E-state index >= 15 is 0 Å². The summed E-state index contributed by atoms with van der Waals surface area (Å²) in [6, 6.07) is 0.254. The van der Waals surface area contributed by atoms with E-state index in [-0.39, 0.29) is 41.9 Å². The number of carbonyl (C=O) groups excluding carboxylic acids is 2. The second-order valence-corrected chi connectivity index (χ2v) is 7.28. The molecule has 1 saturated carbocycles. The number of nitrogens with one attached hydrogen (secondary N) is 2. The van der Waals surface area contributed by atoms with Crippen molar-refractivity contribution in [1.82, 2.24) is 15.5 Å². The van der Waals surface area contributed by atoms with Gasteiger partial charge in [-0.25, -0.2) is 0 Å². The molecule has 0 aromatic carbocycles. The number of ether oxygens (including phenoxy) is 1. The van der Waals surface area contributed by atoms with Crippen LogP contribution < -0.4 is 10.6 Å². The lowest BCUT2D eigenvalue weighted by Gasteiger charge is -2.26. The number of halogens is 1. The van der Waals surface area contributed by atoms with Gasteiger partial charge in [0.2, 0.25) is 5.91 Å². The Morgan fingerprint density at radius 3 is 2.56 bits per heavy atom. The molecule has 27 heavy (non-hydrogen) atoms. The highest BCUT2D eigenvalue weighted by molar-refractivity contribution is 14.0. The van der Waals surface area contributed by atoms with Crippen LogP contribution in [-0.4, -0.2) is 62.6 Å². The number of guanidine groups is 1. The Kier molecular flexibility index (Phi) is 11.7. The van der Waals surface area contributed by atoms with Crippen LogP contribution in [0, 0.1) is 5.92 Å². The van der Waals surface area contributed by atoms with Gasteiger partial charge in [0.05, 0.1) is 7.11 Å². The Morgan fingerprint density at radius 1 is 1.15 bits per heavy atom. The zero-order chi connectivity index (χ0) is 18.8. The number of aliphatic imine (C=N–C) groups is 1. The predicted octanol–water partition coefficient (Wildman–Crippen LogP) is 2.29. The Morgan fingerprint density at radius 2 is 1.89 bits per heavy atom. The maximum Gasteiger partial charge on any atom is 0.305 e. The molecule has 1 aliphatic heterocycles. The Hall–Kier alpha value is -1.06. The number of amides is 1. The lowest BCUT2D eigenvalue weighted by atomic mass is 9.88. The van der Waals surface area contributed by atoms with Crippen molar-refractivity contribution < 1.29 is 14.3 Å². The smallest absolute Gasteiger partial charge is 0.305 e. The molecule has 7 nitrogen and oxygen atoms in total. The van der Waals surface area contributed by atoms with E-state index in [4.69, 9.17) is 0 Å². The first kappa shape index (κ1) is 24.0. The second kappa shape index (κ2) is 13.2. The number of carbonyl (C=O) groups is 2. The van der Waals surface area contributed by atoms with Crippen LogP contribution in [0.15, 0.2) is 4.99 Å². The summed E-state index contributed by atoms with van der Waals surface area (Å²) < 4.78 is 4.63. The number of esters is 1. The van der Waals surface area contributed by atoms with Gasteiger partial charge in [0.15, 0.2) is 5.96 Å². The van der Waals surface area contributed by atoms with Gasteiger partial charge in [0, 0.05) is 45.1 Å². The zero-order valence-corrected chi connectivity index (χ0v) is 19.0. The normalized spacial score (nSPS) is 20.7. The third kappa shape index (κ3) is 8.23. The van der Waals surface area contributed by atoms with Gasteiger partial charge < -0.3 is 20.3 Å². The molecule has 0 bridgehead atoms. The van der Waals surface area contributed by atoms with Crippen LogP contribution in [0.3, 0.4) is 0 Å². The molecule has 2 N–H and O–H groups in total. The molecule has 0 radical (unpaired) electrons. The van der Waals surface area contributed by atoms with Crippen LogP contribution in [-0.2, 0) is 14.3 Å². The van der Waals surface area contributed by atoms with Crippen molar-refractivity contribution in [3.63, 3.8) is 0 Å². The van der Waals surface area contributed by atoms with Gasteiger partial charge in [-0.05, 0) is 32.1 Å². The number of nitrogens with zero attached hydrogens (tertiary/aromatic N) is 2. The lowest BCUT2D eigenvalue weighted by molar-refractivity contribution is -0.140. The quantitative estimate of drug-likeness (QED) is 0.187. The largest absolute Gasteiger partial charge is 0.469 e. The van der Waals surface area contributed by atoms with Crippen LogP contribution in [0.4, 0.5) is 0 Å². The summed E-state index contributed by atoms with van der Waals surface area (Å²) >= 11 is 0. The van der Waals surface area contributed by atoms with E-state index in [0.717, 1.165) is 57.7 Å². The highest BCUT2D eigenvalue weighted by Crippen LogP contribution is 2.26. The van der Waals surface area contributed by atoms with E-state index in [1.807, 2.05) is 4.90 Å². The number of hydrogen-bond acceptors (Lipinski definition) is 4. The van der Waals surface area contributed by atoms with Crippen molar-refractivity contribution in [3.8, 4) is 0 Å².